The van der Waals surface area contributed by atoms with E-state index in [2.05, 4.69) is 32.6 Å². The Morgan fingerprint density at radius 2 is 1.90 bits per heavy atom. The van der Waals surface area contributed by atoms with Crippen LogP contribution in [0.25, 0.3) is 0 Å². The first-order chi connectivity index (χ1) is 9.51. The van der Waals surface area contributed by atoms with E-state index >= 15 is 0 Å². The van der Waals surface area contributed by atoms with Crippen LogP contribution >= 0.6 is 0 Å². The largest absolute Gasteiger partial charge is 0.296 e. The van der Waals surface area contributed by atoms with Crippen molar-refractivity contribution in [2.75, 3.05) is 6.54 Å². The van der Waals surface area contributed by atoms with Crippen LogP contribution in [0.1, 0.15) is 51.7 Å². The van der Waals surface area contributed by atoms with Crippen molar-refractivity contribution >= 4 is 0 Å². The molecule has 0 spiro atoms. The number of nitrogens with zero attached hydrogens (tertiary/aromatic N) is 2. The maximum atomic E-state index is 13.4. The van der Waals surface area contributed by atoms with Gasteiger partial charge in [-0.15, -0.1) is 0 Å². The third-order valence-electron chi connectivity index (χ3n) is 3.60. The molecule has 0 aliphatic carbocycles. The van der Waals surface area contributed by atoms with Gasteiger partial charge in [-0.1, -0.05) is 33.8 Å². The van der Waals surface area contributed by atoms with E-state index in [1.165, 1.54) is 6.07 Å². The van der Waals surface area contributed by atoms with Crippen molar-refractivity contribution in [1.29, 1.82) is 5.26 Å². The highest BCUT2D eigenvalue weighted by molar-refractivity contribution is 5.34. The average Bonchev–Trinajstić information content (AvgIpc) is 2.41. The topological polar surface area (TPSA) is 27.0 Å². The molecule has 0 radical (unpaired) electrons. The predicted octanol–water partition coefficient (Wildman–Crippen LogP) is 4.34. The van der Waals surface area contributed by atoms with E-state index in [1.54, 1.807) is 12.1 Å². The van der Waals surface area contributed by atoms with Crippen LogP contribution in [0.2, 0.25) is 0 Å². The molecule has 20 heavy (non-hydrogen) atoms. The molecule has 0 unspecified atom stereocenters. The van der Waals surface area contributed by atoms with Gasteiger partial charge < -0.3 is 0 Å². The summed E-state index contributed by atoms with van der Waals surface area (Å²) in [6.45, 7) is 10.6. The summed E-state index contributed by atoms with van der Waals surface area (Å²) in [5.41, 5.74) is 1.15. The lowest BCUT2D eigenvalue weighted by molar-refractivity contribution is 0.157. The zero-order valence-corrected chi connectivity index (χ0v) is 13.0. The number of hydrogen-bond acceptors (Lipinski definition) is 2. The van der Waals surface area contributed by atoms with Crippen molar-refractivity contribution in [3.8, 4) is 6.07 Å². The van der Waals surface area contributed by atoms with Crippen molar-refractivity contribution in [3.63, 3.8) is 0 Å². The quantitative estimate of drug-likeness (QED) is 0.740. The molecule has 3 heteroatoms. The molecule has 110 valence electrons. The molecule has 0 N–H and O–H groups in total. The number of rotatable bonds is 7. The van der Waals surface area contributed by atoms with Gasteiger partial charge in [0.05, 0.1) is 5.56 Å². The summed E-state index contributed by atoms with van der Waals surface area (Å²) in [6, 6.07) is 7.30. The first-order valence-corrected chi connectivity index (χ1v) is 7.44. The lowest BCUT2D eigenvalue weighted by Gasteiger charge is -2.32. The molecule has 1 aromatic carbocycles. The predicted molar refractivity (Wildman–Crippen MR) is 80.7 cm³/mol. The maximum absolute atomic E-state index is 13.4. The highest BCUT2D eigenvalue weighted by atomic mass is 19.1. The molecule has 1 rings (SSSR count). The first kappa shape index (κ1) is 16.7. The van der Waals surface area contributed by atoms with Gasteiger partial charge in [-0.2, -0.15) is 5.26 Å². The fourth-order valence-corrected chi connectivity index (χ4v) is 2.61. The van der Waals surface area contributed by atoms with Crippen LogP contribution in [-0.2, 0) is 6.54 Å². The van der Waals surface area contributed by atoms with Crippen molar-refractivity contribution in [2.24, 2.45) is 5.92 Å². The Morgan fingerprint density at radius 3 is 2.40 bits per heavy atom. The van der Waals surface area contributed by atoms with Crippen molar-refractivity contribution < 1.29 is 4.39 Å². The van der Waals surface area contributed by atoms with Gasteiger partial charge in [0.2, 0.25) is 0 Å². The van der Waals surface area contributed by atoms with Crippen molar-refractivity contribution in [2.45, 2.75) is 53.1 Å². The zero-order chi connectivity index (χ0) is 15.1. The minimum absolute atomic E-state index is 0.136. The Hall–Kier alpha value is -1.40. The summed E-state index contributed by atoms with van der Waals surface area (Å²) in [6.07, 6.45) is 2.21. The summed E-state index contributed by atoms with van der Waals surface area (Å²) in [7, 11) is 0. The SMILES string of the molecule is CCC(CC)N(Cc1ccc(F)c(C#N)c1)CC(C)C. The molecule has 0 bridgehead atoms. The van der Waals surface area contributed by atoms with E-state index in [-0.39, 0.29) is 5.56 Å². The molecule has 0 atom stereocenters. The van der Waals surface area contributed by atoms with Gasteiger partial charge in [0.1, 0.15) is 11.9 Å². The smallest absolute Gasteiger partial charge is 0.140 e. The van der Waals surface area contributed by atoms with E-state index < -0.39 is 5.82 Å². The normalized spacial score (nSPS) is 11.3. The highest BCUT2D eigenvalue weighted by Gasteiger charge is 2.17. The molecule has 0 aromatic heterocycles. The Bertz CT molecular complexity index is 459. The number of hydrogen-bond donors (Lipinski definition) is 0. The van der Waals surface area contributed by atoms with Crippen LogP contribution in [-0.4, -0.2) is 17.5 Å². The van der Waals surface area contributed by atoms with Gasteiger partial charge in [-0.25, -0.2) is 4.39 Å². The number of benzene rings is 1. The number of halogens is 1. The fraction of sp³-hybridized carbons (Fsp3) is 0.588. The molecular formula is C17H25FN2. The first-order valence-electron chi connectivity index (χ1n) is 7.44. The zero-order valence-electron chi connectivity index (χ0n) is 13.0. The fourth-order valence-electron chi connectivity index (χ4n) is 2.61. The van der Waals surface area contributed by atoms with E-state index in [0.29, 0.717) is 12.0 Å². The van der Waals surface area contributed by atoms with Gasteiger partial charge in [-0.3, -0.25) is 4.90 Å². The molecule has 0 heterocycles. The van der Waals surface area contributed by atoms with Crippen LogP contribution in [0.4, 0.5) is 4.39 Å². The molecule has 0 aliphatic heterocycles. The van der Waals surface area contributed by atoms with Crippen molar-refractivity contribution in [3.05, 3.63) is 35.1 Å². The van der Waals surface area contributed by atoms with E-state index in [0.717, 1.165) is 31.5 Å². The lowest BCUT2D eigenvalue weighted by Crippen LogP contribution is -2.36. The van der Waals surface area contributed by atoms with Crippen molar-refractivity contribution in [1.82, 2.24) is 4.90 Å². The Labute approximate surface area is 122 Å². The van der Waals surface area contributed by atoms with Gasteiger partial charge in [-0.05, 0) is 36.5 Å². The second-order valence-electron chi connectivity index (χ2n) is 5.72. The lowest BCUT2D eigenvalue weighted by atomic mass is 10.0. The van der Waals surface area contributed by atoms with Crippen LogP contribution in [0.15, 0.2) is 18.2 Å². The molecule has 0 saturated carbocycles. The Morgan fingerprint density at radius 1 is 1.25 bits per heavy atom. The Balaban J connectivity index is 2.91. The van der Waals surface area contributed by atoms with E-state index in [9.17, 15) is 4.39 Å². The standard InChI is InChI=1S/C17H25FN2/c1-5-16(6-2)20(11-13(3)4)12-14-7-8-17(18)15(9-14)10-19/h7-9,13,16H,5-6,11-12H2,1-4H3. The molecule has 0 fully saturated rings. The second-order valence-corrected chi connectivity index (χ2v) is 5.72. The molecule has 2 nitrogen and oxygen atoms in total. The van der Waals surface area contributed by atoms with Gasteiger partial charge >= 0.3 is 0 Å². The summed E-state index contributed by atoms with van der Waals surface area (Å²) in [5, 5.41) is 8.92. The number of nitriles is 1. The molecule has 0 aliphatic rings. The summed E-state index contributed by atoms with van der Waals surface area (Å²) < 4.78 is 13.4. The molecule has 0 amide bonds. The average molecular weight is 276 g/mol. The van der Waals surface area contributed by atoms with Crippen LogP contribution in [0.3, 0.4) is 0 Å². The van der Waals surface area contributed by atoms with Gasteiger partial charge in [0.25, 0.3) is 0 Å². The summed E-state index contributed by atoms with van der Waals surface area (Å²) >= 11 is 0. The van der Waals surface area contributed by atoms with E-state index in [1.807, 2.05) is 6.07 Å². The maximum Gasteiger partial charge on any atom is 0.140 e. The Kier molecular flexibility index (Phi) is 6.67. The molecule has 1 aromatic rings. The van der Waals surface area contributed by atoms with E-state index in [4.69, 9.17) is 5.26 Å². The minimum atomic E-state index is -0.436. The summed E-state index contributed by atoms with van der Waals surface area (Å²) in [5.74, 6) is 0.153. The van der Waals surface area contributed by atoms with Crippen LogP contribution in [0.5, 0.6) is 0 Å². The summed E-state index contributed by atoms with van der Waals surface area (Å²) in [4.78, 5) is 2.44. The second kappa shape index (κ2) is 8.01. The van der Waals surface area contributed by atoms with Gasteiger partial charge in [0.15, 0.2) is 0 Å². The highest BCUT2D eigenvalue weighted by Crippen LogP contribution is 2.17. The molecule has 0 saturated heterocycles. The third kappa shape index (κ3) is 4.61. The van der Waals surface area contributed by atoms with Crippen LogP contribution in [0, 0.1) is 23.1 Å². The third-order valence-corrected chi connectivity index (χ3v) is 3.60. The monoisotopic (exact) mass is 276 g/mol. The molecular weight excluding hydrogens is 251 g/mol. The minimum Gasteiger partial charge on any atom is -0.296 e. The van der Waals surface area contributed by atoms with Gasteiger partial charge in [0, 0.05) is 19.1 Å². The van der Waals surface area contributed by atoms with Crippen LogP contribution < -0.4 is 0 Å².